The molecule has 9 nitrogen and oxygen atoms in total. The van der Waals surface area contributed by atoms with E-state index in [9.17, 15) is 0 Å². The van der Waals surface area contributed by atoms with E-state index in [0.29, 0.717) is 23.3 Å². The highest BCUT2D eigenvalue weighted by molar-refractivity contribution is 6.30. The van der Waals surface area contributed by atoms with Crippen LogP contribution in [0.25, 0.3) is 11.4 Å². The minimum absolute atomic E-state index is 0.398. The molecular formula is C19H21ClN8O. The van der Waals surface area contributed by atoms with Gasteiger partial charge in [-0.2, -0.15) is 4.98 Å². The van der Waals surface area contributed by atoms with Crippen molar-refractivity contribution in [1.29, 1.82) is 0 Å². The maximum atomic E-state index is 5.92. The molecule has 1 aliphatic heterocycles. The molecule has 0 atom stereocenters. The van der Waals surface area contributed by atoms with Crippen LogP contribution in [0.2, 0.25) is 5.02 Å². The Labute approximate surface area is 173 Å². The molecule has 0 bridgehead atoms. The van der Waals surface area contributed by atoms with Gasteiger partial charge >= 0.3 is 0 Å². The van der Waals surface area contributed by atoms with Gasteiger partial charge < -0.3 is 19.6 Å². The molecule has 1 N–H and O–H groups in total. The third kappa shape index (κ3) is 4.62. The minimum Gasteiger partial charge on any atom is -0.347 e. The van der Waals surface area contributed by atoms with E-state index in [1.807, 2.05) is 18.2 Å². The topological polar surface area (TPSA) is 95.6 Å². The third-order valence-electron chi connectivity index (χ3n) is 4.59. The van der Waals surface area contributed by atoms with Crippen molar-refractivity contribution in [3.8, 4) is 11.4 Å². The maximum absolute atomic E-state index is 5.92. The number of halogens is 1. The molecule has 3 aromatic rings. The van der Waals surface area contributed by atoms with Crippen molar-refractivity contribution in [2.75, 3.05) is 38.1 Å². The highest BCUT2D eigenvalue weighted by Gasteiger charge is 2.21. The number of piperazine rings is 1. The quantitative estimate of drug-likeness (QED) is 0.514. The fourth-order valence-corrected chi connectivity index (χ4v) is 3.23. The molecule has 1 fully saturated rings. The lowest BCUT2D eigenvalue weighted by Gasteiger charge is -2.36. The monoisotopic (exact) mass is 412 g/mol. The number of hydrogen-bond donors (Lipinski definition) is 1. The van der Waals surface area contributed by atoms with Gasteiger partial charge in [-0.1, -0.05) is 16.8 Å². The number of hydrogen-bond acceptors (Lipinski definition) is 7. The van der Waals surface area contributed by atoms with Crippen LogP contribution in [-0.4, -0.2) is 64.2 Å². The van der Waals surface area contributed by atoms with E-state index in [1.54, 1.807) is 31.6 Å². The normalized spacial score (nSPS) is 14.9. The zero-order valence-corrected chi connectivity index (χ0v) is 16.7. The van der Waals surface area contributed by atoms with Gasteiger partial charge in [0.2, 0.25) is 17.7 Å². The molecule has 1 saturated heterocycles. The number of aromatic nitrogens is 4. The van der Waals surface area contributed by atoms with Gasteiger partial charge in [-0.25, -0.2) is 9.97 Å². The summed E-state index contributed by atoms with van der Waals surface area (Å²) in [5.74, 6) is 2.58. The summed E-state index contributed by atoms with van der Waals surface area (Å²) in [5.41, 5.74) is 0.855. The number of rotatable bonds is 4. The second-order valence-corrected chi connectivity index (χ2v) is 6.88. The van der Waals surface area contributed by atoms with Crippen LogP contribution in [-0.2, 0) is 6.54 Å². The lowest BCUT2D eigenvalue weighted by molar-refractivity contribution is 0.354. The molecule has 3 heterocycles. The van der Waals surface area contributed by atoms with E-state index in [-0.39, 0.29) is 0 Å². The van der Waals surface area contributed by atoms with Crippen LogP contribution < -0.4 is 10.2 Å². The fraction of sp³-hybridized carbons (Fsp3) is 0.316. The van der Waals surface area contributed by atoms with Crippen LogP contribution in [0.15, 0.2) is 52.2 Å². The molecular weight excluding hydrogens is 392 g/mol. The van der Waals surface area contributed by atoms with Crippen molar-refractivity contribution in [3.63, 3.8) is 0 Å². The molecule has 0 radical (unpaired) electrons. The number of benzene rings is 1. The second-order valence-electron chi connectivity index (χ2n) is 6.44. The van der Waals surface area contributed by atoms with Crippen molar-refractivity contribution in [2.24, 2.45) is 4.99 Å². The molecule has 0 spiro atoms. The summed E-state index contributed by atoms with van der Waals surface area (Å²) >= 11 is 5.92. The number of anilines is 1. The van der Waals surface area contributed by atoms with Crippen LogP contribution in [0.3, 0.4) is 0 Å². The van der Waals surface area contributed by atoms with Gasteiger partial charge in [0.25, 0.3) is 0 Å². The zero-order chi connectivity index (χ0) is 20.1. The number of nitrogens with one attached hydrogen (secondary N) is 1. The van der Waals surface area contributed by atoms with Crippen molar-refractivity contribution >= 4 is 23.5 Å². The molecule has 4 rings (SSSR count). The standard InChI is InChI=1S/C19H21ClN8O/c1-21-18(27-9-11-28(12-10-27)19-22-7-2-8-23-19)24-13-16-25-17(26-29-16)14-3-5-15(20)6-4-14/h2-8H,9-13H2,1H3,(H,21,24). The predicted octanol–water partition coefficient (Wildman–Crippen LogP) is 2.08. The number of aliphatic imine (C=N–C) groups is 1. The molecule has 0 unspecified atom stereocenters. The Morgan fingerprint density at radius 1 is 1.14 bits per heavy atom. The lowest BCUT2D eigenvalue weighted by atomic mass is 10.2. The Bertz CT molecular complexity index is 952. The summed E-state index contributed by atoms with van der Waals surface area (Å²) in [6, 6.07) is 9.14. The average Bonchev–Trinajstić information content (AvgIpc) is 3.25. The summed E-state index contributed by atoms with van der Waals surface area (Å²) in [7, 11) is 1.77. The summed E-state index contributed by atoms with van der Waals surface area (Å²) < 4.78 is 5.35. The minimum atomic E-state index is 0.398. The van der Waals surface area contributed by atoms with E-state index >= 15 is 0 Å². The van der Waals surface area contributed by atoms with Crippen LogP contribution in [0.5, 0.6) is 0 Å². The number of guanidine groups is 1. The van der Waals surface area contributed by atoms with Gasteiger partial charge in [0.15, 0.2) is 5.96 Å². The van der Waals surface area contributed by atoms with E-state index in [4.69, 9.17) is 16.1 Å². The highest BCUT2D eigenvalue weighted by Crippen LogP contribution is 2.18. The molecule has 10 heteroatoms. The fourth-order valence-electron chi connectivity index (χ4n) is 3.10. The SMILES string of the molecule is CN=C(NCc1nc(-c2ccc(Cl)cc2)no1)N1CCN(c2ncccn2)CC1. The largest absolute Gasteiger partial charge is 0.347 e. The Hall–Kier alpha value is -3.20. The summed E-state index contributed by atoms with van der Waals surface area (Å²) in [6.07, 6.45) is 3.52. The zero-order valence-electron chi connectivity index (χ0n) is 16.0. The van der Waals surface area contributed by atoms with Gasteiger partial charge in [-0.05, 0) is 30.3 Å². The van der Waals surface area contributed by atoms with Crippen LogP contribution in [0.4, 0.5) is 5.95 Å². The molecule has 0 saturated carbocycles. The Morgan fingerprint density at radius 3 is 2.55 bits per heavy atom. The second kappa shape index (κ2) is 8.87. The molecule has 0 aliphatic carbocycles. The summed E-state index contributed by atoms with van der Waals surface area (Å²) in [4.78, 5) is 21.8. The van der Waals surface area contributed by atoms with Crippen molar-refractivity contribution in [2.45, 2.75) is 6.54 Å². The lowest BCUT2D eigenvalue weighted by Crippen LogP contribution is -2.52. The molecule has 29 heavy (non-hydrogen) atoms. The molecule has 1 aliphatic rings. The smallest absolute Gasteiger partial charge is 0.246 e. The van der Waals surface area contributed by atoms with E-state index in [0.717, 1.165) is 43.7 Å². The van der Waals surface area contributed by atoms with Crippen molar-refractivity contribution in [1.82, 2.24) is 30.3 Å². The van der Waals surface area contributed by atoms with Crippen LogP contribution >= 0.6 is 11.6 Å². The first-order valence-corrected chi connectivity index (χ1v) is 9.67. The van der Waals surface area contributed by atoms with E-state index in [2.05, 4.69) is 40.2 Å². The first-order valence-electron chi connectivity index (χ1n) is 9.29. The van der Waals surface area contributed by atoms with Gasteiger partial charge in [0.1, 0.15) is 0 Å². The van der Waals surface area contributed by atoms with Gasteiger partial charge in [-0.3, -0.25) is 4.99 Å². The summed E-state index contributed by atoms with van der Waals surface area (Å²) in [5, 5.41) is 7.99. The van der Waals surface area contributed by atoms with E-state index < -0.39 is 0 Å². The Kier molecular flexibility index (Phi) is 5.85. The van der Waals surface area contributed by atoms with Gasteiger partial charge in [-0.15, -0.1) is 0 Å². The maximum Gasteiger partial charge on any atom is 0.246 e. The highest BCUT2D eigenvalue weighted by atomic mass is 35.5. The average molecular weight is 413 g/mol. The summed E-state index contributed by atoms with van der Waals surface area (Å²) in [6.45, 7) is 3.68. The van der Waals surface area contributed by atoms with E-state index in [1.165, 1.54) is 0 Å². The molecule has 150 valence electrons. The van der Waals surface area contributed by atoms with Crippen LogP contribution in [0, 0.1) is 0 Å². The predicted molar refractivity (Wildman–Crippen MR) is 111 cm³/mol. The molecule has 2 aromatic heterocycles. The Balaban J connectivity index is 1.32. The third-order valence-corrected chi connectivity index (χ3v) is 4.85. The number of nitrogens with zero attached hydrogens (tertiary/aromatic N) is 7. The molecule has 0 amide bonds. The molecule has 1 aromatic carbocycles. The van der Waals surface area contributed by atoms with Crippen molar-refractivity contribution < 1.29 is 4.52 Å². The Morgan fingerprint density at radius 2 is 1.86 bits per heavy atom. The first-order chi connectivity index (χ1) is 14.2. The van der Waals surface area contributed by atoms with Crippen LogP contribution in [0.1, 0.15) is 5.89 Å². The van der Waals surface area contributed by atoms with Gasteiger partial charge in [0, 0.05) is 56.2 Å². The van der Waals surface area contributed by atoms with Gasteiger partial charge in [0.05, 0.1) is 6.54 Å². The first kappa shape index (κ1) is 19.1. The van der Waals surface area contributed by atoms with Crippen molar-refractivity contribution in [3.05, 3.63) is 53.6 Å².